The van der Waals surface area contributed by atoms with Gasteiger partial charge in [0.15, 0.2) is 0 Å². The fraction of sp³-hybridized carbons (Fsp3) is 0.267. The molecule has 1 aromatic heterocycles. The molecule has 1 unspecified atom stereocenters. The average Bonchev–Trinajstić information content (AvgIpc) is 2.43. The van der Waals surface area contributed by atoms with E-state index in [1.165, 1.54) is 0 Å². The number of rotatable bonds is 5. The number of aliphatic hydroxyl groups excluding tert-OH is 1. The van der Waals surface area contributed by atoms with Crippen LogP contribution < -0.4 is 5.32 Å². The maximum absolute atomic E-state index is 9.42. The molecule has 1 heterocycles. The van der Waals surface area contributed by atoms with Gasteiger partial charge in [-0.1, -0.05) is 36.4 Å². The Bertz CT molecular complexity index is 468. The second-order valence-electron chi connectivity index (χ2n) is 4.33. The molecule has 0 fully saturated rings. The number of pyridine rings is 1. The van der Waals surface area contributed by atoms with Gasteiger partial charge in [0, 0.05) is 18.4 Å². The van der Waals surface area contributed by atoms with E-state index in [1.807, 2.05) is 49.5 Å². The van der Waals surface area contributed by atoms with Gasteiger partial charge < -0.3 is 10.4 Å². The Labute approximate surface area is 108 Å². The fourth-order valence-electron chi connectivity index (χ4n) is 1.82. The van der Waals surface area contributed by atoms with Crippen LogP contribution in [0.25, 0.3) is 0 Å². The van der Waals surface area contributed by atoms with Gasteiger partial charge in [-0.3, -0.25) is 4.98 Å². The van der Waals surface area contributed by atoms with Crippen LogP contribution in [-0.4, -0.2) is 16.7 Å². The predicted octanol–water partition coefficient (Wildman–Crippen LogP) is 2.21. The standard InChI is InChI=1S/C15H18N2O/c1-12-7-8-13(9-16-12)10-17-15(11-18)14-5-3-2-4-6-14/h2-9,15,17-18H,10-11H2,1H3. The Kier molecular flexibility index (Phi) is 4.45. The number of nitrogens with one attached hydrogen (secondary N) is 1. The number of hydrogen-bond donors (Lipinski definition) is 2. The first kappa shape index (κ1) is 12.7. The van der Waals surface area contributed by atoms with E-state index in [9.17, 15) is 5.11 Å². The van der Waals surface area contributed by atoms with Crippen molar-refractivity contribution in [3.63, 3.8) is 0 Å². The van der Waals surface area contributed by atoms with Crippen molar-refractivity contribution in [2.45, 2.75) is 19.5 Å². The summed E-state index contributed by atoms with van der Waals surface area (Å²) in [5.41, 5.74) is 3.23. The highest BCUT2D eigenvalue weighted by molar-refractivity contribution is 5.19. The van der Waals surface area contributed by atoms with Crippen LogP contribution in [0.15, 0.2) is 48.7 Å². The molecule has 2 rings (SSSR count). The fourth-order valence-corrected chi connectivity index (χ4v) is 1.82. The molecule has 0 bridgehead atoms. The Balaban J connectivity index is 1.97. The van der Waals surface area contributed by atoms with Crippen LogP contribution in [0.5, 0.6) is 0 Å². The van der Waals surface area contributed by atoms with Gasteiger partial charge >= 0.3 is 0 Å². The number of aryl methyl sites for hydroxylation is 1. The minimum absolute atomic E-state index is 0.0347. The normalized spacial score (nSPS) is 12.3. The van der Waals surface area contributed by atoms with E-state index in [1.54, 1.807) is 0 Å². The molecule has 2 aromatic rings. The van der Waals surface area contributed by atoms with Crippen LogP contribution in [-0.2, 0) is 6.54 Å². The zero-order chi connectivity index (χ0) is 12.8. The Morgan fingerprint density at radius 3 is 2.56 bits per heavy atom. The van der Waals surface area contributed by atoms with E-state index < -0.39 is 0 Å². The first-order valence-corrected chi connectivity index (χ1v) is 6.10. The van der Waals surface area contributed by atoms with Gasteiger partial charge in [0.25, 0.3) is 0 Å². The van der Waals surface area contributed by atoms with Gasteiger partial charge in [0.1, 0.15) is 0 Å². The van der Waals surface area contributed by atoms with Gasteiger partial charge in [-0.2, -0.15) is 0 Å². The molecule has 0 spiro atoms. The van der Waals surface area contributed by atoms with Crippen LogP contribution >= 0.6 is 0 Å². The van der Waals surface area contributed by atoms with Gasteiger partial charge in [-0.15, -0.1) is 0 Å². The van der Waals surface area contributed by atoms with E-state index in [0.717, 1.165) is 16.8 Å². The minimum atomic E-state index is -0.0347. The van der Waals surface area contributed by atoms with Gasteiger partial charge in [-0.05, 0) is 24.1 Å². The number of hydrogen-bond acceptors (Lipinski definition) is 3. The van der Waals surface area contributed by atoms with Gasteiger partial charge in [0.2, 0.25) is 0 Å². The van der Waals surface area contributed by atoms with Crippen molar-refractivity contribution >= 4 is 0 Å². The summed E-state index contributed by atoms with van der Waals surface area (Å²) in [6, 6.07) is 14.0. The maximum Gasteiger partial charge on any atom is 0.0626 e. The average molecular weight is 242 g/mol. The summed E-state index contributed by atoms with van der Waals surface area (Å²) >= 11 is 0. The van der Waals surface area contributed by atoms with Crippen molar-refractivity contribution in [1.82, 2.24) is 10.3 Å². The molecule has 1 atom stereocenters. The molecule has 0 aliphatic heterocycles. The summed E-state index contributed by atoms with van der Waals surface area (Å²) in [6.45, 7) is 2.76. The largest absolute Gasteiger partial charge is 0.394 e. The van der Waals surface area contributed by atoms with Crippen LogP contribution in [0.1, 0.15) is 22.9 Å². The zero-order valence-electron chi connectivity index (χ0n) is 10.5. The molecular weight excluding hydrogens is 224 g/mol. The van der Waals surface area contributed by atoms with E-state index in [0.29, 0.717) is 6.54 Å². The molecule has 94 valence electrons. The van der Waals surface area contributed by atoms with Crippen molar-refractivity contribution in [2.24, 2.45) is 0 Å². The monoisotopic (exact) mass is 242 g/mol. The van der Waals surface area contributed by atoms with Crippen molar-refractivity contribution in [1.29, 1.82) is 0 Å². The molecule has 3 nitrogen and oxygen atoms in total. The Morgan fingerprint density at radius 1 is 1.17 bits per heavy atom. The first-order chi connectivity index (χ1) is 8.79. The number of benzene rings is 1. The lowest BCUT2D eigenvalue weighted by Gasteiger charge is -2.16. The topological polar surface area (TPSA) is 45.1 Å². The van der Waals surface area contributed by atoms with Crippen molar-refractivity contribution in [2.75, 3.05) is 6.61 Å². The molecule has 0 aliphatic rings. The smallest absolute Gasteiger partial charge is 0.0626 e. The molecule has 0 saturated heterocycles. The molecule has 0 saturated carbocycles. The zero-order valence-corrected chi connectivity index (χ0v) is 10.5. The summed E-state index contributed by atoms with van der Waals surface area (Å²) in [5.74, 6) is 0. The lowest BCUT2D eigenvalue weighted by atomic mass is 10.1. The van der Waals surface area contributed by atoms with Crippen molar-refractivity contribution in [3.05, 3.63) is 65.5 Å². The highest BCUT2D eigenvalue weighted by atomic mass is 16.3. The summed E-state index contributed by atoms with van der Waals surface area (Å²) < 4.78 is 0. The Morgan fingerprint density at radius 2 is 1.94 bits per heavy atom. The first-order valence-electron chi connectivity index (χ1n) is 6.10. The molecule has 1 aromatic carbocycles. The molecular formula is C15H18N2O. The van der Waals surface area contributed by atoms with E-state index in [4.69, 9.17) is 0 Å². The van der Waals surface area contributed by atoms with Gasteiger partial charge in [0.05, 0.1) is 12.6 Å². The summed E-state index contributed by atoms with van der Waals surface area (Å²) in [6.07, 6.45) is 1.86. The van der Waals surface area contributed by atoms with Crippen LogP contribution in [0.4, 0.5) is 0 Å². The number of nitrogens with zero attached hydrogens (tertiary/aromatic N) is 1. The summed E-state index contributed by atoms with van der Waals surface area (Å²) in [5, 5.41) is 12.8. The lowest BCUT2D eigenvalue weighted by Crippen LogP contribution is -2.24. The van der Waals surface area contributed by atoms with E-state index in [-0.39, 0.29) is 12.6 Å². The second kappa shape index (κ2) is 6.28. The van der Waals surface area contributed by atoms with Crippen molar-refractivity contribution in [3.8, 4) is 0 Å². The minimum Gasteiger partial charge on any atom is -0.394 e. The quantitative estimate of drug-likeness (QED) is 0.845. The number of aromatic nitrogens is 1. The third kappa shape index (κ3) is 3.39. The molecule has 3 heteroatoms. The summed E-state index contributed by atoms with van der Waals surface area (Å²) in [7, 11) is 0. The molecule has 2 N–H and O–H groups in total. The van der Waals surface area contributed by atoms with E-state index in [2.05, 4.69) is 16.4 Å². The predicted molar refractivity (Wildman–Crippen MR) is 72.1 cm³/mol. The van der Waals surface area contributed by atoms with Crippen molar-refractivity contribution < 1.29 is 5.11 Å². The van der Waals surface area contributed by atoms with Crippen LogP contribution in [0.2, 0.25) is 0 Å². The number of aliphatic hydroxyl groups is 1. The summed E-state index contributed by atoms with van der Waals surface area (Å²) in [4.78, 5) is 4.25. The van der Waals surface area contributed by atoms with Gasteiger partial charge in [-0.25, -0.2) is 0 Å². The molecule has 18 heavy (non-hydrogen) atoms. The molecule has 0 aliphatic carbocycles. The second-order valence-corrected chi connectivity index (χ2v) is 4.33. The lowest BCUT2D eigenvalue weighted by molar-refractivity contribution is 0.243. The third-order valence-electron chi connectivity index (χ3n) is 2.91. The molecule has 0 radical (unpaired) electrons. The van der Waals surface area contributed by atoms with Crippen LogP contribution in [0, 0.1) is 6.92 Å². The molecule has 0 amide bonds. The highest BCUT2D eigenvalue weighted by Gasteiger charge is 2.08. The van der Waals surface area contributed by atoms with E-state index >= 15 is 0 Å². The maximum atomic E-state index is 9.42. The highest BCUT2D eigenvalue weighted by Crippen LogP contribution is 2.12. The van der Waals surface area contributed by atoms with Crippen LogP contribution in [0.3, 0.4) is 0 Å². The third-order valence-corrected chi connectivity index (χ3v) is 2.91. The Hall–Kier alpha value is -1.71. The SMILES string of the molecule is Cc1ccc(CNC(CO)c2ccccc2)cn1.